The summed E-state index contributed by atoms with van der Waals surface area (Å²) in [6.07, 6.45) is 3.22. The van der Waals surface area contributed by atoms with E-state index in [2.05, 4.69) is 16.4 Å². The Balaban J connectivity index is 1.79. The number of nitrogens with zero attached hydrogens (tertiary/aromatic N) is 3. The van der Waals surface area contributed by atoms with Gasteiger partial charge in [-0.2, -0.15) is 5.26 Å². The lowest BCUT2D eigenvalue weighted by Gasteiger charge is -2.25. The molecule has 0 radical (unpaired) electrons. The van der Waals surface area contributed by atoms with Crippen LogP contribution >= 0.6 is 0 Å². The van der Waals surface area contributed by atoms with Crippen molar-refractivity contribution in [3.05, 3.63) is 47.7 Å². The van der Waals surface area contributed by atoms with E-state index in [4.69, 9.17) is 10.00 Å². The van der Waals surface area contributed by atoms with Gasteiger partial charge < -0.3 is 15.0 Å². The van der Waals surface area contributed by atoms with Gasteiger partial charge in [0.05, 0.1) is 18.4 Å². The molecule has 1 N–H and O–H groups in total. The SMILES string of the molecule is COc1ccc(C)cc1NC(=O)[C@H]1CCCN1c1ccc(C#N)cn1. The van der Waals surface area contributed by atoms with E-state index < -0.39 is 0 Å². The van der Waals surface area contributed by atoms with E-state index in [0.29, 0.717) is 22.8 Å². The number of rotatable bonds is 4. The molecule has 1 aromatic carbocycles. The molecule has 1 fully saturated rings. The van der Waals surface area contributed by atoms with E-state index in [1.165, 1.54) is 6.20 Å². The number of nitrogens with one attached hydrogen (secondary N) is 1. The highest BCUT2D eigenvalue weighted by atomic mass is 16.5. The third-order valence-corrected chi connectivity index (χ3v) is 4.34. The van der Waals surface area contributed by atoms with Crippen LogP contribution in [0.15, 0.2) is 36.5 Å². The Labute approximate surface area is 147 Å². The number of carbonyl (C=O) groups excluding carboxylic acids is 1. The van der Waals surface area contributed by atoms with Gasteiger partial charge in [0.1, 0.15) is 23.7 Å². The Morgan fingerprint density at radius 2 is 2.24 bits per heavy atom. The van der Waals surface area contributed by atoms with Gasteiger partial charge in [-0.1, -0.05) is 6.07 Å². The summed E-state index contributed by atoms with van der Waals surface area (Å²) in [6, 6.07) is 11.0. The minimum atomic E-state index is -0.286. The Hall–Kier alpha value is -3.07. The number of aromatic nitrogens is 1. The lowest BCUT2D eigenvalue weighted by Crippen LogP contribution is -2.40. The summed E-state index contributed by atoms with van der Waals surface area (Å²) in [5.41, 5.74) is 2.23. The quantitative estimate of drug-likeness (QED) is 0.929. The Bertz CT molecular complexity index is 811. The van der Waals surface area contributed by atoms with Crippen LogP contribution in [0.25, 0.3) is 0 Å². The summed E-state index contributed by atoms with van der Waals surface area (Å²) in [5.74, 6) is 1.28. The summed E-state index contributed by atoms with van der Waals surface area (Å²) in [6.45, 7) is 2.74. The molecule has 0 unspecified atom stereocenters. The molecule has 2 aromatic rings. The molecule has 3 rings (SSSR count). The van der Waals surface area contributed by atoms with Gasteiger partial charge in [0, 0.05) is 12.7 Å². The van der Waals surface area contributed by atoms with Gasteiger partial charge in [0.2, 0.25) is 5.91 Å². The van der Waals surface area contributed by atoms with Crippen molar-refractivity contribution in [3.63, 3.8) is 0 Å². The first kappa shape index (κ1) is 16.8. The molecule has 0 aliphatic carbocycles. The maximum Gasteiger partial charge on any atom is 0.247 e. The normalized spacial score (nSPS) is 16.4. The zero-order valence-corrected chi connectivity index (χ0v) is 14.3. The molecule has 6 heteroatoms. The van der Waals surface area contributed by atoms with E-state index in [1.807, 2.05) is 30.0 Å². The Kier molecular flexibility index (Phi) is 4.85. The van der Waals surface area contributed by atoms with Crippen LogP contribution in [0.2, 0.25) is 0 Å². The second kappa shape index (κ2) is 7.22. The number of hydrogen-bond acceptors (Lipinski definition) is 5. The van der Waals surface area contributed by atoms with Gasteiger partial charge in [0.25, 0.3) is 0 Å². The molecule has 1 atom stereocenters. The van der Waals surface area contributed by atoms with Crippen LogP contribution in [-0.4, -0.2) is 30.6 Å². The Morgan fingerprint density at radius 3 is 2.92 bits per heavy atom. The Morgan fingerprint density at radius 1 is 1.40 bits per heavy atom. The van der Waals surface area contributed by atoms with Crippen molar-refractivity contribution >= 4 is 17.4 Å². The summed E-state index contributed by atoms with van der Waals surface area (Å²) >= 11 is 0. The number of amides is 1. The topological polar surface area (TPSA) is 78.2 Å². The maximum atomic E-state index is 12.8. The van der Waals surface area contributed by atoms with Crippen molar-refractivity contribution in [3.8, 4) is 11.8 Å². The fourth-order valence-electron chi connectivity index (χ4n) is 3.07. The lowest BCUT2D eigenvalue weighted by atomic mass is 10.1. The van der Waals surface area contributed by atoms with Crippen LogP contribution in [0.1, 0.15) is 24.0 Å². The van der Waals surface area contributed by atoms with Crippen molar-refractivity contribution < 1.29 is 9.53 Å². The number of anilines is 2. The molecule has 0 saturated carbocycles. The van der Waals surface area contributed by atoms with E-state index >= 15 is 0 Å². The van der Waals surface area contributed by atoms with Gasteiger partial charge in [-0.3, -0.25) is 4.79 Å². The molecule has 1 aliphatic heterocycles. The number of pyridine rings is 1. The second-order valence-electron chi connectivity index (χ2n) is 6.06. The molecular formula is C19H20N4O2. The average molecular weight is 336 g/mol. The van der Waals surface area contributed by atoms with E-state index in [0.717, 1.165) is 24.9 Å². The second-order valence-corrected chi connectivity index (χ2v) is 6.06. The van der Waals surface area contributed by atoms with Crippen molar-refractivity contribution in [2.24, 2.45) is 0 Å². The van der Waals surface area contributed by atoms with Crippen LogP contribution in [0.5, 0.6) is 5.75 Å². The van der Waals surface area contributed by atoms with Crippen molar-refractivity contribution in [2.75, 3.05) is 23.9 Å². The molecule has 1 amide bonds. The van der Waals surface area contributed by atoms with Crippen LogP contribution < -0.4 is 15.0 Å². The standard InChI is InChI=1S/C19H20N4O2/c1-13-5-7-17(25-2)15(10-13)22-19(24)16-4-3-9-23(16)18-8-6-14(11-20)12-21-18/h5-8,10,12,16H,3-4,9H2,1-2H3,(H,22,24)/t16-/m1/s1. The first-order valence-corrected chi connectivity index (χ1v) is 8.20. The predicted octanol–water partition coefficient (Wildman–Crippen LogP) is 2.88. The fraction of sp³-hybridized carbons (Fsp3) is 0.316. The van der Waals surface area contributed by atoms with E-state index in [1.54, 1.807) is 19.2 Å². The van der Waals surface area contributed by atoms with Crippen LogP contribution in [0.4, 0.5) is 11.5 Å². The van der Waals surface area contributed by atoms with Gasteiger partial charge in [-0.15, -0.1) is 0 Å². The number of methoxy groups -OCH3 is 1. The van der Waals surface area contributed by atoms with Crippen molar-refractivity contribution in [2.45, 2.75) is 25.8 Å². The van der Waals surface area contributed by atoms with Crippen molar-refractivity contribution in [1.29, 1.82) is 5.26 Å². The number of carbonyl (C=O) groups is 1. The molecule has 2 heterocycles. The highest BCUT2D eigenvalue weighted by Crippen LogP contribution is 2.28. The number of aryl methyl sites for hydroxylation is 1. The highest BCUT2D eigenvalue weighted by molar-refractivity contribution is 5.98. The molecule has 0 bridgehead atoms. The summed E-state index contributed by atoms with van der Waals surface area (Å²) < 4.78 is 5.33. The first-order valence-electron chi connectivity index (χ1n) is 8.20. The minimum absolute atomic E-state index is 0.0763. The molecule has 25 heavy (non-hydrogen) atoms. The van der Waals surface area contributed by atoms with Crippen molar-refractivity contribution in [1.82, 2.24) is 4.98 Å². The molecule has 6 nitrogen and oxygen atoms in total. The fourth-order valence-corrected chi connectivity index (χ4v) is 3.07. The molecule has 1 saturated heterocycles. The number of nitriles is 1. The van der Waals surface area contributed by atoms with Gasteiger partial charge in [0.15, 0.2) is 0 Å². The molecule has 1 aliphatic rings. The summed E-state index contributed by atoms with van der Waals surface area (Å²) in [7, 11) is 1.59. The third-order valence-electron chi connectivity index (χ3n) is 4.34. The smallest absolute Gasteiger partial charge is 0.247 e. The average Bonchev–Trinajstić information content (AvgIpc) is 3.12. The van der Waals surface area contributed by atoms with E-state index in [9.17, 15) is 4.79 Å². The van der Waals surface area contributed by atoms with Crippen LogP contribution in [0, 0.1) is 18.3 Å². The number of hydrogen-bond donors (Lipinski definition) is 1. The van der Waals surface area contributed by atoms with Gasteiger partial charge in [-0.25, -0.2) is 4.98 Å². The van der Waals surface area contributed by atoms with Gasteiger partial charge in [-0.05, 0) is 49.6 Å². The maximum absolute atomic E-state index is 12.8. The first-order chi connectivity index (χ1) is 12.1. The molecule has 128 valence electrons. The minimum Gasteiger partial charge on any atom is -0.495 e. The van der Waals surface area contributed by atoms with Crippen LogP contribution in [-0.2, 0) is 4.79 Å². The monoisotopic (exact) mass is 336 g/mol. The third kappa shape index (κ3) is 3.56. The highest BCUT2D eigenvalue weighted by Gasteiger charge is 2.32. The zero-order chi connectivity index (χ0) is 17.8. The van der Waals surface area contributed by atoms with E-state index in [-0.39, 0.29) is 11.9 Å². The molecule has 1 aromatic heterocycles. The lowest BCUT2D eigenvalue weighted by molar-refractivity contribution is -0.117. The zero-order valence-electron chi connectivity index (χ0n) is 14.3. The number of ether oxygens (including phenoxy) is 1. The van der Waals surface area contributed by atoms with Crippen LogP contribution in [0.3, 0.4) is 0 Å². The molecular weight excluding hydrogens is 316 g/mol. The largest absolute Gasteiger partial charge is 0.495 e. The predicted molar refractivity (Wildman–Crippen MR) is 95.7 cm³/mol. The molecule has 0 spiro atoms. The number of benzene rings is 1. The summed E-state index contributed by atoms with van der Waals surface area (Å²) in [4.78, 5) is 19.1. The van der Waals surface area contributed by atoms with Gasteiger partial charge >= 0.3 is 0 Å². The summed E-state index contributed by atoms with van der Waals surface area (Å²) in [5, 5.41) is 11.9.